The molecule has 0 spiro atoms. The monoisotopic (exact) mass is 338 g/mol. The van der Waals surface area contributed by atoms with Gasteiger partial charge >= 0.3 is 0 Å². The third-order valence-corrected chi connectivity index (χ3v) is 4.76. The van der Waals surface area contributed by atoms with Gasteiger partial charge in [0.25, 0.3) is 5.91 Å². The number of nitrogens with one attached hydrogen (secondary N) is 2. The predicted molar refractivity (Wildman–Crippen MR) is 94.6 cm³/mol. The van der Waals surface area contributed by atoms with Crippen LogP contribution in [0.4, 0.5) is 0 Å². The van der Waals surface area contributed by atoms with Crippen molar-refractivity contribution in [1.29, 1.82) is 0 Å². The summed E-state index contributed by atoms with van der Waals surface area (Å²) in [6.07, 6.45) is 3.03. The first-order valence-corrected chi connectivity index (χ1v) is 8.84. The van der Waals surface area contributed by atoms with Crippen molar-refractivity contribution in [2.45, 2.75) is 38.3 Å². The molecule has 0 bridgehead atoms. The summed E-state index contributed by atoms with van der Waals surface area (Å²) in [5.41, 5.74) is 3.31. The van der Waals surface area contributed by atoms with Gasteiger partial charge in [0.2, 0.25) is 0 Å². The normalized spacial score (nSPS) is 20.0. The highest BCUT2D eigenvalue weighted by molar-refractivity contribution is 5.92. The van der Waals surface area contributed by atoms with Crippen LogP contribution in [0.5, 0.6) is 5.75 Å². The third kappa shape index (κ3) is 3.49. The molecule has 4 rings (SSSR count). The van der Waals surface area contributed by atoms with Gasteiger partial charge in [0, 0.05) is 18.0 Å². The van der Waals surface area contributed by atoms with Crippen LogP contribution in [0.25, 0.3) is 11.3 Å². The molecule has 25 heavy (non-hydrogen) atoms. The maximum atomic E-state index is 12.3. The molecule has 2 N–H and O–H groups in total. The van der Waals surface area contributed by atoms with E-state index in [4.69, 9.17) is 4.74 Å². The lowest BCUT2D eigenvalue weighted by atomic mass is 10.0. The number of fused-ring (bicyclic) bond motifs is 1. The number of benzene rings is 1. The van der Waals surface area contributed by atoms with Crippen LogP contribution in [-0.2, 0) is 6.42 Å². The van der Waals surface area contributed by atoms with Crippen LogP contribution in [0.1, 0.15) is 35.8 Å². The minimum absolute atomic E-state index is 0.151. The Morgan fingerprint density at radius 1 is 1.20 bits per heavy atom. The zero-order valence-electron chi connectivity index (χ0n) is 14.3. The van der Waals surface area contributed by atoms with Crippen LogP contribution >= 0.6 is 0 Å². The SMILES string of the molecule is CC1Cc2cc(-c3ccc(C(=O)NC4CCNCC4)nn3)ccc2O1. The predicted octanol–water partition coefficient (Wildman–Crippen LogP) is 1.95. The fourth-order valence-electron chi connectivity index (χ4n) is 3.41. The van der Waals surface area contributed by atoms with Crippen molar-refractivity contribution in [3.8, 4) is 17.0 Å². The van der Waals surface area contributed by atoms with E-state index in [9.17, 15) is 4.79 Å². The average molecular weight is 338 g/mol. The van der Waals surface area contributed by atoms with E-state index in [2.05, 4.69) is 33.8 Å². The fraction of sp³-hybridized carbons (Fsp3) is 0.421. The largest absolute Gasteiger partial charge is 0.490 e. The van der Waals surface area contributed by atoms with E-state index >= 15 is 0 Å². The Morgan fingerprint density at radius 2 is 2.04 bits per heavy atom. The Bertz CT molecular complexity index is 769. The minimum Gasteiger partial charge on any atom is -0.490 e. The molecular formula is C19H22N4O2. The van der Waals surface area contributed by atoms with Gasteiger partial charge in [-0.2, -0.15) is 0 Å². The van der Waals surface area contributed by atoms with Crippen molar-refractivity contribution in [2.24, 2.45) is 0 Å². The van der Waals surface area contributed by atoms with Crippen LogP contribution in [-0.4, -0.2) is 41.3 Å². The number of carbonyl (C=O) groups is 1. The second kappa shape index (κ2) is 6.80. The molecule has 1 fully saturated rings. The van der Waals surface area contributed by atoms with Gasteiger partial charge in [0.15, 0.2) is 5.69 Å². The van der Waals surface area contributed by atoms with Crippen molar-refractivity contribution in [3.63, 3.8) is 0 Å². The molecule has 1 atom stereocenters. The second-order valence-corrected chi connectivity index (χ2v) is 6.76. The molecule has 0 radical (unpaired) electrons. The first-order chi connectivity index (χ1) is 12.2. The Labute approximate surface area is 147 Å². The molecule has 1 unspecified atom stereocenters. The molecular weight excluding hydrogens is 316 g/mol. The molecule has 2 aromatic rings. The minimum atomic E-state index is -0.151. The van der Waals surface area contributed by atoms with Gasteiger partial charge in [0.05, 0.1) is 5.69 Å². The number of hydrogen-bond donors (Lipinski definition) is 2. The van der Waals surface area contributed by atoms with E-state index in [0.717, 1.165) is 49.4 Å². The average Bonchev–Trinajstić information content (AvgIpc) is 3.02. The molecule has 6 heteroatoms. The molecule has 0 saturated carbocycles. The summed E-state index contributed by atoms with van der Waals surface area (Å²) in [5, 5.41) is 14.7. The molecule has 1 amide bonds. The quantitative estimate of drug-likeness (QED) is 0.895. The van der Waals surface area contributed by atoms with Gasteiger partial charge in [0.1, 0.15) is 11.9 Å². The van der Waals surface area contributed by atoms with Crippen molar-refractivity contribution >= 4 is 5.91 Å². The smallest absolute Gasteiger partial charge is 0.272 e. The van der Waals surface area contributed by atoms with E-state index in [0.29, 0.717) is 5.69 Å². The molecule has 2 aliphatic rings. The highest BCUT2D eigenvalue weighted by Crippen LogP contribution is 2.32. The lowest BCUT2D eigenvalue weighted by Gasteiger charge is -2.23. The van der Waals surface area contributed by atoms with E-state index in [-0.39, 0.29) is 18.1 Å². The van der Waals surface area contributed by atoms with E-state index < -0.39 is 0 Å². The zero-order chi connectivity index (χ0) is 17.2. The Balaban J connectivity index is 1.46. The molecule has 3 heterocycles. The van der Waals surface area contributed by atoms with Gasteiger partial charge in [-0.05, 0) is 68.8 Å². The number of hydrogen-bond acceptors (Lipinski definition) is 5. The summed E-state index contributed by atoms with van der Waals surface area (Å²) < 4.78 is 5.73. The summed E-state index contributed by atoms with van der Waals surface area (Å²) in [6, 6.07) is 9.87. The Kier molecular flexibility index (Phi) is 4.36. The Hall–Kier alpha value is -2.47. The zero-order valence-corrected chi connectivity index (χ0v) is 14.3. The maximum Gasteiger partial charge on any atom is 0.272 e. The number of piperidine rings is 1. The van der Waals surface area contributed by atoms with Gasteiger partial charge in [-0.1, -0.05) is 0 Å². The fourth-order valence-corrected chi connectivity index (χ4v) is 3.41. The van der Waals surface area contributed by atoms with Crippen molar-refractivity contribution in [2.75, 3.05) is 13.1 Å². The van der Waals surface area contributed by atoms with E-state index in [1.54, 1.807) is 6.07 Å². The van der Waals surface area contributed by atoms with Crippen LogP contribution in [0.3, 0.4) is 0 Å². The Morgan fingerprint density at radius 3 is 2.80 bits per heavy atom. The molecule has 1 saturated heterocycles. The van der Waals surface area contributed by atoms with Gasteiger partial charge < -0.3 is 15.4 Å². The standard InChI is InChI=1S/C19H22N4O2/c1-12-10-14-11-13(2-5-18(14)25-12)16-3-4-17(23-22-16)19(24)21-15-6-8-20-9-7-15/h2-5,11-12,15,20H,6-10H2,1H3,(H,21,24). The molecule has 130 valence electrons. The molecule has 1 aromatic heterocycles. The summed E-state index contributed by atoms with van der Waals surface area (Å²) in [6.45, 7) is 3.95. The summed E-state index contributed by atoms with van der Waals surface area (Å²) in [5.74, 6) is 0.796. The van der Waals surface area contributed by atoms with Crippen molar-refractivity contribution in [1.82, 2.24) is 20.8 Å². The lowest BCUT2D eigenvalue weighted by Crippen LogP contribution is -2.42. The van der Waals surface area contributed by atoms with Crippen LogP contribution in [0, 0.1) is 0 Å². The number of aromatic nitrogens is 2. The van der Waals surface area contributed by atoms with E-state index in [1.807, 2.05) is 18.2 Å². The highest BCUT2D eigenvalue weighted by atomic mass is 16.5. The topological polar surface area (TPSA) is 76.1 Å². The highest BCUT2D eigenvalue weighted by Gasteiger charge is 2.20. The summed E-state index contributed by atoms with van der Waals surface area (Å²) in [7, 11) is 0. The van der Waals surface area contributed by atoms with Crippen LogP contribution in [0.2, 0.25) is 0 Å². The molecule has 0 aliphatic carbocycles. The number of carbonyl (C=O) groups excluding carboxylic acids is 1. The first-order valence-electron chi connectivity index (χ1n) is 8.84. The van der Waals surface area contributed by atoms with Gasteiger partial charge in [-0.15, -0.1) is 10.2 Å². The summed E-state index contributed by atoms with van der Waals surface area (Å²) in [4.78, 5) is 12.3. The lowest BCUT2D eigenvalue weighted by molar-refractivity contribution is 0.0923. The molecule has 2 aliphatic heterocycles. The van der Waals surface area contributed by atoms with Gasteiger partial charge in [-0.25, -0.2) is 0 Å². The van der Waals surface area contributed by atoms with Crippen LogP contribution in [0.15, 0.2) is 30.3 Å². The van der Waals surface area contributed by atoms with Crippen molar-refractivity contribution < 1.29 is 9.53 Å². The molecule has 1 aromatic carbocycles. The molecule has 6 nitrogen and oxygen atoms in total. The third-order valence-electron chi connectivity index (χ3n) is 4.76. The number of rotatable bonds is 3. The summed E-state index contributed by atoms with van der Waals surface area (Å²) >= 11 is 0. The van der Waals surface area contributed by atoms with Gasteiger partial charge in [-0.3, -0.25) is 4.79 Å². The maximum absolute atomic E-state index is 12.3. The van der Waals surface area contributed by atoms with Crippen LogP contribution < -0.4 is 15.4 Å². The van der Waals surface area contributed by atoms with Crippen molar-refractivity contribution in [3.05, 3.63) is 41.6 Å². The van der Waals surface area contributed by atoms with E-state index in [1.165, 1.54) is 5.56 Å². The number of nitrogens with zero attached hydrogens (tertiary/aromatic N) is 2. The number of ether oxygens (including phenoxy) is 1. The number of amides is 1. The second-order valence-electron chi connectivity index (χ2n) is 6.76. The first kappa shape index (κ1) is 16.0.